The Hall–Kier alpha value is -1.98. The molecular weight excluding hydrogens is 256 g/mol. The molecule has 0 atom stereocenters. The van der Waals surface area contributed by atoms with Gasteiger partial charge in [0.2, 0.25) is 0 Å². The molecule has 6 heteroatoms. The summed E-state index contributed by atoms with van der Waals surface area (Å²) in [6.45, 7) is 0. The molecule has 0 N–H and O–H groups in total. The van der Waals surface area contributed by atoms with Crippen molar-refractivity contribution in [2.75, 3.05) is 26.0 Å². The molecule has 20 heavy (non-hydrogen) atoms. The summed E-state index contributed by atoms with van der Waals surface area (Å²) in [6.07, 6.45) is 2.99. The molecule has 1 fully saturated rings. The Balaban J connectivity index is 2.06. The lowest BCUT2D eigenvalue weighted by atomic mass is 9.93. The molecule has 1 aliphatic carbocycles. The van der Waals surface area contributed by atoms with Crippen molar-refractivity contribution < 1.29 is 9.59 Å². The Morgan fingerprint density at radius 2 is 1.80 bits per heavy atom. The largest absolute Gasteiger partial charge is 0.355 e. The molecule has 0 unspecified atom stereocenters. The summed E-state index contributed by atoms with van der Waals surface area (Å²) in [5.41, 5.74) is 0.339. The number of anilines is 1. The third-order valence-electron chi connectivity index (χ3n) is 3.70. The second-order valence-corrected chi connectivity index (χ2v) is 5.36. The van der Waals surface area contributed by atoms with Crippen molar-refractivity contribution in [1.82, 2.24) is 15.1 Å². The predicted molar refractivity (Wildman–Crippen MR) is 75.7 cm³/mol. The summed E-state index contributed by atoms with van der Waals surface area (Å²) >= 11 is 0. The molecule has 2 rings (SSSR count). The van der Waals surface area contributed by atoms with E-state index in [1.165, 1.54) is 4.90 Å². The van der Waals surface area contributed by atoms with E-state index in [1.807, 2.05) is 11.9 Å². The minimum absolute atomic E-state index is 0.157. The Morgan fingerprint density at radius 3 is 2.30 bits per heavy atom. The SMILES string of the molecule is CN(C)C(=O)c1ccc(N(C)C2CCC(=O)CC2)nn1. The van der Waals surface area contributed by atoms with Crippen LogP contribution in [0.3, 0.4) is 0 Å². The fraction of sp³-hybridized carbons (Fsp3) is 0.571. The first kappa shape index (κ1) is 14.4. The summed E-state index contributed by atoms with van der Waals surface area (Å²) in [5, 5.41) is 8.10. The minimum atomic E-state index is -0.157. The number of carbonyl (C=O) groups excluding carboxylic acids is 2. The van der Waals surface area contributed by atoms with Crippen LogP contribution in [0.25, 0.3) is 0 Å². The summed E-state index contributed by atoms with van der Waals surface area (Å²) in [5.74, 6) is 0.919. The van der Waals surface area contributed by atoms with E-state index in [0.29, 0.717) is 30.4 Å². The lowest BCUT2D eigenvalue weighted by Gasteiger charge is -2.31. The van der Waals surface area contributed by atoms with E-state index >= 15 is 0 Å². The molecule has 1 aromatic rings. The quantitative estimate of drug-likeness (QED) is 0.828. The van der Waals surface area contributed by atoms with Gasteiger partial charge in [0.1, 0.15) is 5.78 Å². The highest BCUT2D eigenvalue weighted by Crippen LogP contribution is 2.23. The molecule has 1 aromatic heterocycles. The third kappa shape index (κ3) is 3.12. The second-order valence-electron chi connectivity index (χ2n) is 5.36. The van der Waals surface area contributed by atoms with Crippen LogP contribution in [0.2, 0.25) is 0 Å². The lowest BCUT2D eigenvalue weighted by Crippen LogP contribution is -2.36. The second kappa shape index (κ2) is 5.98. The monoisotopic (exact) mass is 276 g/mol. The number of nitrogens with zero attached hydrogens (tertiary/aromatic N) is 4. The topological polar surface area (TPSA) is 66.4 Å². The maximum atomic E-state index is 11.7. The van der Waals surface area contributed by atoms with Gasteiger partial charge in [-0.15, -0.1) is 10.2 Å². The van der Waals surface area contributed by atoms with Crippen molar-refractivity contribution in [3.8, 4) is 0 Å². The van der Waals surface area contributed by atoms with Gasteiger partial charge < -0.3 is 9.80 Å². The first-order chi connectivity index (χ1) is 9.49. The van der Waals surface area contributed by atoms with Crippen LogP contribution in [0.1, 0.15) is 36.2 Å². The van der Waals surface area contributed by atoms with E-state index in [0.717, 1.165) is 18.7 Å². The van der Waals surface area contributed by atoms with Crippen LogP contribution in [-0.2, 0) is 4.79 Å². The Morgan fingerprint density at radius 1 is 1.15 bits per heavy atom. The molecule has 0 radical (unpaired) electrons. The van der Waals surface area contributed by atoms with Crippen molar-refractivity contribution in [1.29, 1.82) is 0 Å². The Labute approximate surface area is 118 Å². The fourth-order valence-corrected chi connectivity index (χ4v) is 2.36. The minimum Gasteiger partial charge on any atom is -0.355 e. The number of hydrogen-bond acceptors (Lipinski definition) is 5. The first-order valence-corrected chi connectivity index (χ1v) is 6.79. The van der Waals surface area contributed by atoms with Gasteiger partial charge in [0, 0.05) is 40.0 Å². The van der Waals surface area contributed by atoms with Crippen LogP contribution < -0.4 is 4.90 Å². The fourth-order valence-electron chi connectivity index (χ4n) is 2.36. The van der Waals surface area contributed by atoms with E-state index in [1.54, 1.807) is 26.2 Å². The number of Topliss-reactive ketones (excluding diaryl/α,β-unsaturated/α-hetero) is 1. The molecule has 0 bridgehead atoms. The number of amides is 1. The molecule has 0 aromatic carbocycles. The van der Waals surface area contributed by atoms with Gasteiger partial charge in [-0.1, -0.05) is 0 Å². The van der Waals surface area contributed by atoms with Gasteiger partial charge in [-0.2, -0.15) is 0 Å². The summed E-state index contributed by atoms with van der Waals surface area (Å²) in [4.78, 5) is 26.5. The molecule has 6 nitrogen and oxygen atoms in total. The van der Waals surface area contributed by atoms with Gasteiger partial charge >= 0.3 is 0 Å². The lowest BCUT2D eigenvalue weighted by molar-refractivity contribution is -0.120. The molecular formula is C14H20N4O2. The van der Waals surface area contributed by atoms with Crippen molar-refractivity contribution >= 4 is 17.5 Å². The number of aromatic nitrogens is 2. The van der Waals surface area contributed by atoms with Crippen LogP contribution in [0, 0.1) is 0 Å². The molecule has 1 aliphatic rings. The highest BCUT2D eigenvalue weighted by Gasteiger charge is 2.23. The van der Waals surface area contributed by atoms with Gasteiger partial charge in [-0.3, -0.25) is 9.59 Å². The van der Waals surface area contributed by atoms with Crippen molar-refractivity contribution in [3.63, 3.8) is 0 Å². The highest BCUT2D eigenvalue weighted by molar-refractivity contribution is 5.91. The van der Waals surface area contributed by atoms with Crippen LogP contribution >= 0.6 is 0 Å². The van der Waals surface area contributed by atoms with E-state index in [4.69, 9.17) is 0 Å². The molecule has 0 aliphatic heterocycles. The summed E-state index contributed by atoms with van der Waals surface area (Å²) in [6, 6.07) is 3.81. The number of ketones is 1. The molecule has 1 saturated carbocycles. The van der Waals surface area contributed by atoms with Crippen molar-refractivity contribution in [2.24, 2.45) is 0 Å². The van der Waals surface area contributed by atoms with Crippen molar-refractivity contribution in [2.45, 2.75) is 31.7 Å². The average molecular weight is 276 g/mol. The maximum absolute atomic E-state index is 11.7. The Bertz CT molecular complexity index is 488. The van der Waals surface area contributed by atoms with E-state index in [2.05, 4.69) is 10.2 Å². The third-order valence-corrected chi connectivity index (χ3v) is 3.70. The standard InChI is InChI=1S/C14H20N4O2/c1-17(2)14(20)12-8-9-13(16-15-12)18(3)10-4-6-11(19)7-5-10/h8-10H,4-7H2,1-3H3. The van der Waals surface area contributed by atoms with E-state index in [-0.39, 0.29) is 5.91 Å². The van der Waals surface area contributed by atoms with Crippen LogP contribution in [0.15, 0.2) is 12.1 Å². The van der Waals surface area contributed by atoms with Crippen LogP contribution in [-0.4, -0.2) is 54.0 Å². The molecule has 1 amide bonds. The number of carbonyl (C=O) groups is 2. The predicted octanol–water partition coefficient (Wildman–Crippen LogP) is 1.13. The molecule has 1 heterocycles. The van der Waals surface area contributed by atoms with Crippen molar-refractivity contribution in [3.05, 3.63) is 17.8 Å². The van der Waals surface area contributed by atoms with E-state index < -0.39 is 0 Å². The van der Waals surface area contributed by atoms with Crippen LogP contribution in [0.5, 0.6) is 0 Å². The zero-order valence-corrected chi connectivity index (χ0v) is 12.2. The zero-order chi connectivity index (χ0) is 14.7. The molecule has 108 valence electrons. The average Bonchev–Trinajstić information content (AvgIpc) is 2.46. The molecule has 0 spiro atoms. The number of hydrogen-bond donors (Lipinski definition) is 0. The summed E-state index contributed by atoms with van der Waals surface area (Å²) < 4.78 is 0. The zero-order valence-electron chi connectivity index (χ0n) is 12.2. The van der Waals surface area contributed by atoms with Gasteiger partial charge in [-0.25, -0.2) is 0 Å². The van der Waals surface area contributed by atoms with Gasteiger partial charge in [0.25, 0.3) is 5.91 Å². The highest BCUT2D eigenvalue weighted by atomic mass is 16.2. The smallest absolute Gasteiger partial charge is 0.273 e. The van der Waals surface area contributed by atoms with Gasteiger partial charge in [0.15, 0.2) is 11.5 Å². The number of rotatable bonds is 3. The summed E-state index contributed by atoms with van der Waals surface area (Å²) in [7, 11) is 5.32. The Kier molecular flexibility index (Phi) is 4.32. The maximum Gasteiger partial charge on any atom is 0.273 e. The van der Waals surface area contributed by atoms with Gasteiger partial charge in [0.05, 0.1) is 0 Å². The molecule has 0 saturated heterocycles. The first-order valence-electron chi connectivity index (χ1n) is 6.79. The van der Waals surface area contributed by atoms with E-state index in [9.17, 15) is 9.59 Å². The van der Waals surface area contributed by atoms with Gasteiger partial charge in [-0.05, 0) is 25.0 Å². The normalized spacial score (nSPS) is 16.1. The van der Waals surface area contributed by atoms with Crippen LogP contribution in [0.4, 0.5) is 5.82 Å².